The predicted molar refractivity (Wildman–Crippen MR) is 96.7 cm³/mol. The van der Waals surface area contributed by atoms with Crippen molar-refractivity contribution in [2.75, 3.05) is 18.4 Å². The van der Waals surface area contributed by atoms with Crippen LogP contribution >= 0.6 is 12.4 Å². The van der Waals surface area contributed by atoms with Crippen molar-refractivity contribution in [1.29, 1.82) is 0 Å². The predicted octanol–water partition coefficient (Wildman–Crippen LogP) is 2.58. The molecule has 3 N–H and O–H groups in total. The number of rotatable bonds is 5. The molecule has 1 amide bonds. The molecule has 1 aromatic carbocycles. The number of ether oxygens (including phenoxy) is 1. The van der Waals surface area contributed by atoms with Gasteiger partial charge in [-0.05, 0) is 62.5 Å². The highest BCUT2D eigenvalue weighted by molar-refractivity contribution is 5.92. The lowest BCUT2D eigenvalue weighted by molar-refractivity contribution is -0.121. The molecule has 24 heavy (non-hydrogen) atoms. The second-order valence-corrected chi connectivity index (χ2v) is 6.73. The molecule has 1 aromatic rings. The molecule has 134 valence electrons. The zero-order chi connectivity index (χ0) is 16.2. The lowest BCUT2D eigenvalue weighted by atomic mass is 9.88. The molecule has 0 aromatic heterocycles. The molecule has 1 saturated carbocycles. The number of aliphatic hydroxyl groups excluding tert-OH is 1. The summed E-state index contributed by atoms with van der Waals surface area (Å²) in [6.45, 7) is 3.82. The van der Waals surface area contributed by atoms with Crippen molar-refractivity contribution in [2.24, 2.45) is 11.8 Å². The highest BCUT2D eigenvalue weighted by Gasteiger charge is 2.28. The van der Waals surface area contributed by atoms with Gasteiger partial charge in [-0.1, -0.05) is 13.3 Å². The number of amides is 1. The molecular weight excluding hydrogens is 328 g/mol. The first kappa shape index (κ1) is 19.0. The first-order chi connectivity index (χ1) is 11.1. The Morgan fingerprint density at radius 1 is 1.25 bits per heavy atom. The fourth-order valence-electron chi connectivity index (χ4n) is 3.14. The van der Waals surface area contributed by atoms with Gasteiger partial charge in [0.15, 0.2) is 0 Å². The number of anilines is 1. The fraction of sp³-hybridized carbons (Fsp3) is 0.611. The van der Waals surface area contributed by atoms with Crippen molar-refractivity contribution in [3.63, 3.8) is 0 Å². The van der Waals surface area contributed by atoms with Crippen LogP contribution in [0.15, 0.2) is 24.3 Å². The highest BCUT2D eigenvalue weighted by Crippen LogP contribution is 2.25. The summed E-state index contributed by atoms with van der Waals surface area (Å²) < 4.78 is 5.87. The van der Waals surface area contributed by atoms with Gasteiger partial charge < -0.3 is 20.5 Å². The van der Waals surface area contributed by atoms with Crippen molar-refractivity contribution in [1.82, 2.24) is 5.32 Å². The second-order valence-electron chi connectivity index (χ2n) is 6.73. The molecule has 3 unspecified atom stereocenters. The van der Waals surface area contributed by atoms with E-state index in [1.165, 1.54) is 0 Å². The van der Waals surface area contributed by atoms with Crippen LogP contribution in [0.3, 0.4) is 0 Å². The van der Waals surface area contributed by atoms with E-state index >= 15 is 0 Å². The molecule has 6 heteroatoms. The van der Waals surface area contributed by atoms with E-state index in [1.54, 1.807) is 0 Å². The number of hydrogen-bond acceptors (Lipinski definition) is 4. The summed E-state index contributed by atoms with van der Waals surface area (Å²) in [5.41, 5.74) is 0.783. The minimum atomic E-state index is -0.375. The molecule has 2 fully saturated rings. The monoisotopic (exact) mass is 354 g/mol. The maximum absolute atomic E-state index is 12.2. The number of nitrogens with one attached hydrogen (secondary N) is 2. The average Bonchev–Trinajstić information content (AvgIpc) is 2.49. The molecule has 1 heterocycles. The van der Waals surface area contributed by atoms with E-state index in [-0.39, 0.29) is 36.4 Å². The van der Waals surface area contributed by atoms with Crippen LogP contribution in [0.1, 0.15) is 32.6 Å². The molecule has 1 aliphatic heterocycles. The van der Waals surface area contributed by atoms with Gasteiger partial charge in [0.05, 0.1) is 6.10 Å². The summed E-state index contributed by atoms with van der Waals surface area (Å²) in [4.78, 5) is 12.2. The zero-order valence-electron chi connectivity index (χ0n) is 14.0. The number of carbonyl (C=O) groups excluding carboxylic acids is 1. The van der Waals surface area contributed by atoms with Crippen molar-refractivity contribution in [3.05, 3.63) is 24.3 Å². The Kier molecular flexibility index (Phi) is 6.90. The van der Waals surface area contributed by atoms with E-state index in [9.17, 15) is 9.90 Å². The summed E-state index contributed by atoms with van der Waals surface area (Å²) in [5.74, 6) is 1.26. The summed E-state index contributed by atoms with van der Waals surface area (Å²) in [5, 5.41) is 16.1. The lowest BCUT2D eigenvalue weighted by Gasteiger charge is -2.31. The van der Waals surface area contributed by atoms with E-state index in [1.807, 2.05) is 31.2 Å². The van der Waals surface area contributed by atoms with E-state index in [0.717, 1.165) is 50.2 Å². The van der Waals surface area contributed by atoms with Crippen LogP contribution in [0.5, 0.6) is 5.75 Å². The third kappa shape index (κ3) is 4.62. The van der Waals surface area contributed by atoms with Crippen LogP contribution in [0, 0.1) is 11.8 Å². The molecule has 3 atom stereocenters. The second kappa shape index (κ2) is 8.70. The van der Waals surface area contributed by atoms with E-state index in [0.29, 0.717) is 5.92 Å². The topological polar surface area (TPSA) is 70.6 Å². The van der Waals surface area contributed by atoms with E-state index in [2.05, 4.69) is 10.6 Å². The van der Waals surface area contributed by atoms with Crippen molar-refractivity contribution in [2.45, 2.75) is 44.8 Å². The summed E-state index contributed by atoms with van der Waals surface area (Å²) >= 11 is 0. The van der Waals surface area contributed by atoms with Crippen LogP contribution < -0.4 is 15.4 Å². The van der Waals surface area contributed by atoms with Gasteiger partial charge in [0, 0.05) is 11.6 Å². The summed E-state index contributed by atoms with van der Waals surface area (Å²) in [6.07, 6.45) is 3.39. The Balaban J connectivity index is 0.00000208. The first-order valence-electron chi connectivity index (χ1n) is 8.60. The number of benzene rings is 1. The van der Waals surface area contributed by atoms with Crippen LogP contribution in [0.25, 0.3) is 0 Å². The Labute approximate surface area is 149 Å². The van der Waals surface area contributed by atoms with Crippen LogP contribution in [-0.2, 0) is 4.79 Å². The number of aliphatic hydroxyl groups is 1. The van der Waals surface area contributed by atoms with Gasteiger partial charge >= 0.3 is 0 Å². The minimum absolute atomic E-state index is 0. The standard InChI is InChI=1S/C18H26N2O3.ClH/c1-12(13-10-19-11-13)18(22)20-14-6-8-15(9-7-14)23-17-5-3-2-4-16(17)21;/h6-9,12-13,16-17,19,21H,2-5,10-11H2,1H3,(H,20,22);1H. The van der Waals surface area contributed by atoms with Crippen LogP contribution in [0.4, 0.5) is 5.69 Å². The molecule has 1 saturated heterocycles. The van der Waals surface area contributed by atoms with Gasteiger partial charge in [0.25, 0.3) is 0 Å². The van der Waals surface area contributed by atoms with Crippen molar-refractivity contribution >= 4 is 24.0 Å². The van der Waals surface area contributed by atoms with Gasteiger partial charge in [-0.3, -0.25) is 4.79 Å². The summed E-state index contributed by atoms with van der Waals surface area (Å²) in [7, 11) is 0. The number of carbonyl (C=O) groups is 1. The SMILES string of the molecule is CC(C(=O)Nc1ccc(OC2CCCCC2O)cc1)C1CNC1.Cl. The molecule has 0 spiro atoms. The number of hydrogen-bond donors (Lipinski definition) is 3. The fourth-order valence-corrected chi connectivity index (χ4v) is 3.14. The van der Waals surface area contributed by atoms with Gasteiger partial charge in [-0.15, -0.1) is 12.4 Å². The highest BCUT2D eigenvalue weighted by atomic mass is 35.5. The van der Waals surface area contributed by atoms with E-state index < -0.39 is 0 Å². The minimum Gasteiger partial charge on any atom is -0.488 e. The van der Waals surface area contributed by atoms with Gasteiger partial charge in [0.1, 0.15) is 11.9 Å². The third-order valence-electron chi connectivity index (χ3n) is 5.01. The smallest absolute Gasteiger partial charge is 0.227 e. The Morgan fingerprint density at radius 2 is 1.92 bits per heavy atom. The average molecular weight is 355 g/mol. The van der Waals surface area contributed by atoms with Gasteiger partial charge in [-0.2, -0.15) is 0 Å². The molecular formula is C18H27ClN2O3. The normalized spacial score (nSPS) is 25.1. The third-order valence-corrected chi connectivity index (χ3v) is 5.01. The van der Waals surface area contributed by atoms with Crippen LogP contribution in [-0.4, -0.2) is 36.3 Å². The molecule has 3 rings (SSSR count). The van der Waals surface area contributed by atoms with Crippen molar-refractivity contribution < 1.29 is 14.6 Å². The Bertz CT molecular complexity index is 534. The lowest BCUT2D eigenvalue weighted by Crippen LogP contribution is -2.48. The molecule has 0 radical (unpaired) electrons. The molecule has 2 aliphatic rings. The Hall–Kier alpha value is -1.30. The largest absolute Gasteiger partial charge is 0.488 e. The number of halogens is 1. The molecule has 1 aliphatic carbocycles. The molecule has 0 bridgehead atoms. The maximum atomic E-state index is 12.2. The first-order valence-corrected chi connectivity index (χ1v) is 8.60. The maximum Gasteiger partial charge on any atom is 0.227 e. The van der Waals surface area contributed by atoms with E-state index in [4.69, 9.17) is 4.74 Å². The van der Waals surface area contributed by atoms with Crippen molar-refractivity contribution in [3.8, 4) is 5.75 Å². The van der Waals surface area contributed by atoms with Gasteiger partial charge in [0.2, 0.25) is 5.91 Å². The zero-order valence-corrected chi connectivity index (χ0v) is 14.8. The van der Waals surface area contributed by atoms with Crippen LogP contribution in [0.2, 0.25) is 0 Å². The quantitative estimate of drug-likeness (QED) is 0.760. The Morgan fingerprint density at radius 3 is 2.50 bits per heavy atom. The van der Waals surface area contributed by atoms with Gasteiger partial charge in [-0.25, -0.2) is 0 Å². The molecule has 5 nitrogen and oxygen atoms in total. The summed E-state index contributed by atoms with van der Waals surface area (Å²) in [6, 6.07) is 7.42.